The van der Waals surface area contributed by atoms with E-state index in [4.69, 9.17) is 0 Å². The number of halogens is 1. The van der Waals surface area contributed by atoms with Gasteiger partial charge in [-0.1, -0.05) is 19.9 Å². The molecule has 0 bridgehead atoms. The van der Waals surface area contributed by atoms with Gasteiger partial charge in [0.05, 0.1) is 12.2 Å². The maximum absolute atomic E-state index is 4.05. The molecule has 6 heteroatoms. The molecular weight excluding hydrogens is 294 g/mol. The summed E-state index contributed by atoms with van der Waals surface area (Å²) in [4.78, 5) is 0. The highest BCUT2D eigenvalue weighted by molar-refractivity contribution is 9.10. The Labute approximate surface area is 115 Å². The minimum Gasteiger partial charge on any atom is -0.308 e. The second-order valence-corrected chi connectivity index (χ2v) is 5.35. The Hall–Kier alpha value is -1.27. The van der Waals surface area contributed by atoms with E-state index in [2.05, 4.69) is 63.6 Å². The summed E-state index contributed by atoms with van der Waals surface area (Å²) in [7, 11) is 0. The van der Waals surface area contributed by atoms with Gasteiger partial charge < -0.3 is 5.32 Å². The summed E-state index contributed by atoms with van der Waals surface area (Å²) < 4.78 is 2.74. The van der Waals surface area contributed by atoms with Crippen molar-refractivity contribution in [1.29, 1.82) is 0 Å². The third-order valence-electron chi connectivity index (χ3n) is 2.53. The lowest BCUT2D eigenvalue weighted by Crippen LogP contribution is -2.24. The number of tetrazole rings is 1. The average molecular weight is 310 g/mol. The van der Waals surface area contributed by atoms with Crippen LogP contribution in [0, 0.1) is 6.92 Å². The molecule has 2 aromatic rings. The van der Waals surface area contributed by atoms with Crippen molar-refractivity contribution in [3.63, 3.8) is 0 Å². The molecule has 0 unspecified atom stereocenters. The van der Waals surface area contributed by atoms with Crippen molar-refractivity contribution in [2.75, 3.05) is 0 Å². The van der Waals surface area contributed by atoms with E-state index in [1.54, 1.807) is 4.68 Å². The smallest absolute Gasteiger partial charge is 0.170 e. The molecule has 0 aliphatic rings. The fourth-order valence-corrected chi connectivity index (χ4v) is 2.24. The summed E-state index contributed by atoms with van der Waals surface area (Å²) in [5, 5.41) is 15.1. The van der Waals surface area contributed by atoms with Gasteiger partial charge in [-0.15, -0.1) is 5.10 Å². The number of aromatic nitrogens is 4. The number of rotatable bonds is 4. The van der Waals surface area contributed by atoms with Gasteiger partial charge in [-0.2, -0.15) is 4.68 Å². The molecule has 0 amide bonds. The predicted molar refractivity (Wildman–Crippen MR) is 73.6 cm³/mol. The van der Waals surface area contributed by atoms with Gasteiger partial charge in [-0.05, 0) is 51.0 Å². The van der Waals surface area contributed by atoms with Crippen LogP contribution < -0.4 is 5.32 Å². The first-order chi connectivity index (χ1) is 8.58. The Morgan fingerprint density at radius 2 is 2.17 bits per heavy atom. The first-order valence-corrected chi connectivity index (χ1v) is 6.64. The van der Waals surface area contributed by atoms with Gasteiger partial charge in [0.2, 0.25) is 0 Å². The molecule has 1 heterocycles. The lowest BCUT2D eigenvalue weighted by atomic mass is 10.2. The molecule has 0 aliphatic heterocycles. The predicted octanol–water partition coefficient (Wildman–Crippen LogP) is 2.23. The van der Waals surface area contributed by atoms with Crippen LogP contribution in [0.2, 0.25) is 0 Å². The van der Waals surface area contributed by atoms with Crippen molar-refractivity contribution in [3.05, 3.63) is 34.1 Å². The minimum atomic E-state index is 0.400. The molecule has 0 saturated carbocycles. The Morgan fingerprint density at radius 1 is 1.39 bits per heavy atom. The SMILES string of the molecule is Cc1ccc(-n2nnnc2CNC(C)C)c(Br)c1. The molecule has 0 atom stereocenters. The molecule has 1 N–H and O–H groups in total. The van der Waals surface area contributed by atoms with Crippen LogP contribution in [-0.2, 0) is 6.54 Å². The first kappa shape index (κ1) is 13.2. The molecule has 5 nitrogen and oxygen atoms in total. The summed E-state index contributed by atoms with van der Waals surface area (Å²) >= 11 is 3.55. The maximum Gasteiger partial charge on any atom is 0.170 e. The number of hydrogen-bond donors (Lipinski definition) is 1. The van der Waals surface area contributed by atoms with Crippen LogP contribution in [0.3, 0.4) is 0 Å². The molecule has 18 heavy (non-hydrogen) atoms. The summed E-state index contributed by atoms with van der Waals surface area (Å²) in [6, 6.07) is 6.50. The Bertz CT molecular complexity index is 535. The van der Waals surface area contributed by atoms with Gasteiger partial charge in [0.1, 0.15) is 0 Å². The normalized spacial score (nSPS) is 11.2. The fraction of sp³-hybridized carbons (Fsp3) is 0.417. The highest BCUT2D eigenvalue weighted by atomic mass is 79.9. The summed E-state index contributed by atoms with van der Waals surface area (Å²) in [6.07, 6.45) is 0. The second-order valence-electron chi connectivity index (χ2n) is 4.50. The lowest BCUT2D eigenvalue weighted by molar-refractivity contribution is 0.563. The summed E-state index contributed by atoms with van der Waals surface area (Å²) in [5.74, 6) is 0.799. The zero-order valence-electron chi connectivity index (χ0n) is 10.7. The summed E-state index contributed by atoms with van der Waals surface area (Å²) in [5.41, 5.74) is 2.15. The van der Waals surface area contributed by atoms with Crippen molar-refractivity contribution in [2.24, 2.45) is 0 Å². The quantitative estimate of drug-likeness (QED) is 0.941. The van der Waals surface area contributed by atoms with E-state index in [1.807, 2.05) is 12.1 Å². The monoisotopic (exact) mass is 309 g/mol. The molecule has 0 spiro atoms. The third-order valence-corrected chi connectivity index (χ3v) is 3.17. The highest BCUT2D eigenvalue weighted by Gasteiger charge is 2.11. The van der Waals surface area contributed by atoms with Gasteiger partial charge in [0.15, 0.2) is 5.82 Å². The molecule has 0 aliphatic carbocycles. The number of nitrogens with zero attached hydrogens (tertiary/aromatic N) is 4. The second kappa shape index (κ2) is 5.58. The van der Waals surface area contributed by atoms with Gasteiger partial charge in [-0.3, -0.25) is 0 Å². The van der Waals surface area contributed by atoms with Crippen LogP contribution >= 0.6 is 15.9 Å². The van der Waals surface area contributed by atoms with E-state index in [0.717, 1.165) is 16.0 Å². The van der Waals surface area contributed by atoms with Crippen LogP contribution in [0.15, 0.2) is 22.7 Å². The van der Waals surface area contributed by atoms with Crippen molar-refractivity contribution in [1.82, 2.24) is 25.5 Å². The van der Waals surface area contributed by atoms with Gasteiger partial charge in [0.25, 0.3) is 0 Å². The van der Waals surface area contributed by atoms with E-state index in [0.29, 0.717) is 12.6 Å². The molecule has 96 valence electrons. The van der Waals surface area contributed by atoms with Crippen molar-refractivity contribution < 1.29 is 0 Å². The van der Waals surface area contributed by atoms with Gasteiger partial charge in [0, 0.05) is 10.5 Å². The zero-order chi connectivity index (χ0) is 13.1. The number of aryl methyl sites for hydroxylation is 1. The number of nitrogens with one attached hydrogen (secondary N) is 1. The van der Waals surface area contributed by atoms with Crippen LogP contribution in [0.4, 0.5) is 0 Å². The molecule has 1 aromatic carbocycles. The lowest BCUT2D eigenvalue weighted by Gasteiger charge is -2.09. The topological polar surface area (TPSA) is 55.6 Å². The van der Waals surface area contributed by atoms with E-state index >= 15 is 0 Å². The van der Waals surface area contributed by atoms with Crippen LogP contribution in [-0.4, -0.2) is 26.2 Å². The van der Waals surface area contributed by atoms with E-state index in [9.17, 15) is 0 Å². The molecule has 0 radical (unpaired) electrons. The maximum atomic E-state index is 4.05. The Kier molecular flexibility index (Phi) is 4.08. The largest absolute Gasteiger partial charge is 0.308 e. The van der Waals surface area contributed by atoms with Crippen LogP contribution in [0.5, 0.6) is 0 Å². The number of hydrogen-bond acceptors (Lipinski definition) is 4. The van der Waals surface area contributed by atoms with Crippen LogP contribution in [0.25, 0.3) is 5.69 Å². The summed E-state index contributed by atoms with van der Waals surface area (Å²) in [6.45, 7) is 6.88. The molecule has 2 rings (SSSR count). The van der Waals surface area contributed by atoms with Crippen LogP contribution in [0.1, 0.15) is 25.2 Å². The van der Waals surface area contributed by atoms with Crippen molar-refractivity contribution in [2.45, 2.75) is 33.4 Å². The average Bonchev–Trinajstić information content (AvgIpc) is 2.74. The molecular formula is C12H16BrN5. The Balaban J connectivity index is 2.30. The Morgan fingerprint density at radius 3 is 2.83 bits per heavy atom. The fourth-order valence-electron chi connectivity index (χ4n) is 1.58. The minimum absolute atomic E-state index is 0.400. The zero-order valence-corrected chi connectivity index (χ0v) is 12.3. The van der Waals surface area contributed by atoms with Crippen molar-refractivity contribution >= 4 is 15.9 Å². The number of benzene rings is 1. The van der Waals surface area contributed by atoms with Crippen molar-refractivity contribution in [3.8, 4) is 5.69 Å². The molecule has 0 saturated heterocycles. The standard InChI is InChI=1S/C12H16BrN5/c1-8(2)14-7-12-15-16-17-18(12)11-5-4-9(3)6-10(11)13/h4-6,8,14H,7H2,1-3H3. The van der Waals surface area contributed by atoms with E-state index < -0.39 is 0 Å². The van der Waals surface area contributed by atoms with Gasteiger partial charge >= 0.3 is 0 Å². The highest BCUT2D eigenvalue weighted by Crippen LogP contribution is 2.22. The molecule has 0 fully saturated rings. The first-order valence-electron chi connectivity index (χ1n) is 5.85. The van der Waals surface area contributed by atoms with E-state index in [-0.39, 0.29) is 0 Å². The molecule has 1 aromatic heterocycles. The third kappa shape index (κ3) is 2.94. The van der Waals surface area contributed by atoms with E-state index in [1.165, 1.54) is 5.56 Å². The van der Waals surface area contributed by atoms with Gasteiger partial charge in [-0.25, -0.2) is 0 Å².